The molecule has 0 spiro atoms. The molecule has 5 heteroatoms. The lowest BCUT2D eigenvalue weighted by molar-refractivity contribution is -0.117. The van der Waals surface area contributed by atoms with E-state index in [1.165, 1.54) is 4.90 Å². The normalized spacial score (nSPS) is 10.4. The fraction of sp³-hybridized carbons (Fsp3) is 0.462. The third-order valence-electron chi connectivity index (χ3n) is 2.56. The van der Waals surface area contributed by atoms with Crippen molar-refractivity contribution in [3.05, 3.63) is 29.3 Å². The molecular formula is C13H18ClNO3. The van der Waals surface area contributed by atoms with Crippen LogP contribution in [0.1, 0.15) is 11.1 Å². The monoisotopic (exact) mass is 271 g/mol. The standard InChI is InChI=1S/C13H18ClNO3/c1-10-5-4-6-11(8-17-2)13(10)15(9-18-3)12(16)7-14/h4-6H,7-9H2,1-3H3. The third kappa shape index (κ3) is 3.45. The number of methoxy groups -OCH3 is 2. The minimum absolute atomic E-state index is 0.0792. The number of carbonyl (C=O) groups excluding carboxylic acids is 1. The molecule has 0 aliphatic rings. The zero-order valence-corrected chi connectivity index (χ0v) is 11.7. The Hall–Kier alpha value is -1.10. The Labute approximate surface area is 112 Å². The fourth-order valence-electron chi connectivity index (χ4n) is 1.84. The van der Waals surface area contributed by atoms with Crippen molar-refractivity contribution >= 4 is 23.2 Å². The van der Waals surface area contributed by atoms with Crippen LogP contribution >= 0.6 is 11.6 Å². The van der Waals surface area contributed by atoms with Gasteiger partial charge in [-0.25, -0.2) is 0 Å². The number of benzene rings is 1. The maximum Gasteiger partial charge on any atom is 0.243 e. The summed E-state index contributed by atoms with van der Waals surface area (Å²) in [6.07, 6.45) is 0. The molecule has 0 saturated heterocycles. The van der Waals surface area contributed by atoms with Crippen LogP contribution in [0.2, 0.25) is 0 Å². The SMILES string of the molecule is COCc1cccc(C)c1N(COC)C(=O)CCl. The molecule has 1 aromatic rings. The minimum atomic E-state index is -0.190. The molecule has 18 heavy (non-hydrogen) atoms. The quantitative estimate of drug-likeness (QED) is 0.589. The molecule has 0 atom stereocenters. The van der Waals surface area contributed by atoms with Crippen LogP contribution in [0.3, 0.4) is 0 Å². The van der Waals surface area contributed by atoms with Gasteiger partial charge in [0.25, 0.3) is 0 Å². The molecule has 0 saturated carbocycles. The molecule has 0 unspecified atom stereocenters. The number of nitrogens with zero attached hydrogens (tertiary/aromatic N) is 1. The van der Waals surface area contributed by atoms with Crippen LogP contribution in [0.5, 0.6) is 0 Å². The van der Waals surface area contributed by atoms with E-state index in [9.17, 15) is 4.79 Å². The lowest BCUT2D eigenvalue weighted by Gasteiger charge is -2.25. The van der Waals surface area contributed by atoms with Crippen molar-refractivity contribution in [3.63, 3.8) is 0 Å². The smallest absolute Gasteiger partial charge is 0.243 e. The van der Waals surface area contributed by atoms with Crippen molar-refractivity contribution in [1.82, 2.24) is 0 Å². The number of amides is 1. The van der Waals surface area contributed by atoms with Crippen LogP contribution in [0, 0.1) is 6.92 Å². The van der Waals surface area contributed by atoms with Crippen molar-refractivity contribution in [2.24, 2.45) is 0 Å². The highest BCUT2D eigenvalue weighted by atomic mass is 35.5. The predicted octanol–water partition coefficient (Wildman–Crippen LogP) is 2.32. The minimum Gasteiger partial charge on any atom is -0.380 e. The van der Waals surface area contributed by atoms with Crippen molar-refractivity contribution in [3.8, 4) is 0 Å². The van der Waals surface area contributed by atoms with E-state index in [-0.39, 0.29) is 18.5 Å². The van der Waals surface area contributed by atoms with Crippen molar-refractivity contribution < 1.29 is 14.3 Å². The molecule has 100 valence electrons. The number of para-hydroxylation sites is 1. The predicted molar refractivity (Wildman–Crippen MR) is 72.0 cm³/mol. The topological polar surface area (TPSA) is 38.8 Å². The second-order valence-electron chi connectivity index (χ2n) is 3.89. The largest absolute Gasteiger partial charge is 0.380 e. The van der Waals surface area contributed by atoms with E-state index < -0.39 is 0 Å². The molecule has 0 aromatic heterocycles. The number of alkyl halides is 1. The number of aryl methyl sites for hydroxylation is 1. The second kappa shape index (κ2) is 7.36. The lowest BCUT2D eigenvalue weighted by Crippen LogP contribution is -2.35. The van der Waals surface area contributed by atoms with Crippen LogP contribution in [-0.4, -0.2) is 32.7 Å². The molecule has 1 aromatic carbocycles. The summed E-state index contributed by atoms with van der Waals surface area (Å²) in [4.78, 5) is 13.4. The van der Waals surface area contributed by atoms with E-state index in [1.807, 2.05) is 25.1 Å². The zero-order chi connectivity index (χ0) is 13.5. The van der Waals surface area contributed by atoms with Gasteiger partial charge in [0, 0.05) is 19.8 Å². The average molecular weight is 272 g/mol. The van der Waals surface area contributed by atoms with E-state index in [4.69, 9.17) is 21.1 Å². The number of hydrogen-bond acceptors (Lipinski definition) is 3. The number of hydrogen-bond donors (Lipinski definition) is 0. The van der Waals surface area contributed by atoms with Gasteiger partial charge in [-0.05, 0) is 12.5 Å². The first-order valence-corrected chi connectivity index (χ1v) is 6.11. The summed E-state index contributed by atoms with van der Waals surface area (Å²) < 4.78 is 10.2. The van der Waals surface area contributed by atoms with E-state index >= 15 is 0 Å². The van der Waals surface area contributed by atoms with Crippen LogP contribution in [-0.2, 0) is 20.9 Å². The molecule has 1 amide bonds. The van der Waals surface area contributed by atoms with Gasteiger partial charge in [0.1, 0.15) is 12.6 Å². The van der Waals surface area contributed by atoms with Crippen LogP contribution in [0.4, 0.5) is 5.69 Å². The number of ether oxygens (including phenoxy) is 2. The van der Waals surface area contributed by atoms with Gasteiger partial charge < -0.3 is 9.47 Å². The summed E-state index contributed by atoms with van der Waals surface area (Å²) in [6.45, 7) is 2.55. The molecule has 0 fully saturated rings. The number of anilines is 1. The molecule has 4 nitrogen and oxygen atoms in total. The molecule has 0 bridgehead atoms. The van der Waals surface area contributed by atoms with E-state index in [2.05, 4.69) is 0 Å². The first-order chi connectivity index (χ1) is 8.65. The number of rotatable bonds is 6. The van der Waals surface area contributed by atoms with Crippen molar-refractivity contribution in [2.75, 3.05) is 31.7 Å². The average Bonchev–Trinajstić information content (AvgIpc) is 2.37. The summed E-state index contributed by atoms with van der Waals surface area (Å²) in [5.41, 5.74) is 2.74. The van der Waals surface area contributed by atoms with E-state index in [1.54, 1.807) is 14.2 Å². The Morgan fingerprint density at radius 1 is 1.33 bits per heavy atom. The number of carbonyl (C=O) groups is 1. The summed E-state index contributed by atoms with van der Waals surface area (Å²) >= 11 is 5.64. The maximum atomic E-state index is 11.9. The summed E-state index contributed by atoms with van der Waals surface area (Å²) in [5.74, 6) is -0.269. The highest BCUT2D eigenvalue weighted by molar-refractivity contribution is 6.29. The van der Waals surface area contributed by atoms with Crippen molar-refractivity contribution in [1.29, 1.82) is 0 Å². The molecule has 0 radical (unpaired) electrons. The van der Waals surface area contributed by atoms with E-state index in [0.29, 0.717) is 6.61 Å². The Kier molecular flexibility index (Phi) is 6.12. The van der Waals surface area contributed by atoms with Crippen LogP contribution in [0.25, 0.3) is 0 Å². The Morgan fingerprint density at radius 2 is 2.06 bits per heavy atom. The molecule has 0 aliphatic carbocycles. The van der Waals surface area contributed by atoms with Gasteiger partial charge in [-0.15, -0.1) is 11.6 Å². The molecule has 0 N–H and O–H groups in total. The Balaban J connectivity index is 3.20. The van der Waals surface area contributed by atoms with Crippen LogP contribution in [0.15, 0.2) is 18.2 Å². The van der Waals surface area contributed by atoms with Crippen LogP contribution < -0.4 is 4.90 Å². The second-order valence-corrected chi connectivity index (χ2v) is 4.16. The first kappa shape index (κ1) is 15.0. The van der Waals surface area contributed by atoms with Crippen molar-refractivity contribution in [2.45, 2.75) is 13.5 Å². The number of halogens is 1. The zero-order valence-electron chi connectivity index (χ0n) is 10.9. The molecule has 0 aliphatic heterocycles. The highest BCUT2D eigenvalue weighted by Crippen LogP contribution is 2.26. The molecule has 0 heterocycles. The van der Waals surface area contributed by atoms with Gasteiger partial charge in [-0.3, -0.25) is 9.69 Å². The van der Waals surface area contributed by atoms with Gasteiger partial charge in [0.15, 0.2) is 0 Å². The maximum absolute atomic E-state index is 11.9. The Bertz CT molecular complexity index is 409. The lowest BCUT2D eigenvalue weighted by atomic mass is 10.1. The van der Waals surface area contributed by atoms with Gasteiger partial charge >= 0.3 is 0 Å². The fourth-order valence-corrected chi connectivity index (χ4v) is 1.98. The Morgan fingerprint density at radius 3 is 2.61 bits per heavy atom. The summed E-state index contributed by atoms with van der Waals surface area (Å²) in [6, 6.07) is 5.80. The van der Waals surface area contributed by atoms with Gasteiger partial charge in [-0.2, -0.15) is 0 Å². The van der Waals surface area contributed by atoms with Gasteiger partial charge in [0.2, 0.25) is 5.91 Å². The van der Waals surface area contributed by atoms with Gasteiger partial charge in [-0.1, -0.05) is 18.2 Å². The summed E-state index contributed by atoms with van der Waals surface area (Å²) in [7, 11) is 3.17. The molecular weight excluding hydrogens is 254 g/mol. The third-order valence-corrected chi connectivity index (χ3v) is 2.79. The first-order valence-electron chi connectivity index (χ1n) is 5.58. The van der Waals surface area contributed by atoms with Gasteiger partial charge in [0.05, 0.1) is 12.3 Å². The molecule has 1 rings (SSSR count). The summed E-state index contributed by atoms with van der Waals surface area (Å²) in [5, 5.41) is 0. The highest BCUT2D eigenvalue weighted by Gasteiger charge is 2.19. The van der Waals surface area contributed by atoms with E-state index in [0.717, 1.165) is 16.8 Å².